The number of pyridine rings is 1. The largest absolute Gasteiger partial charge is 0.414 e. The molecule has 174 valence electrons. The van der Waals surface area contributed by atoms with Gasteiger partial charge in [0.05, 0.1) is 35.2 Å². The van der Waals surface area contributed by atoms with Crippen molar-refractivity contribution in [3.05, 3.63) is 70.1 Å². The Morgan fingerprint density at radius 1 is 1.12 bits per heavy atom. The fourth-order valence-corrected chi connectivity index (χ4v) is 4.59. The summed E-state index contributed by atoms with van der Waals surface area (Å²) in [6.45, 7) is 9.14. The zero-order chi connectivity index (χ0) is 23.8. The molecular formula is C24H29Cl2N6O+. The topological polar surface area (TPSA) is 77.0 Å². The summed E-state index contributed by atoms with van der Waals surface area (Å²) in [4.78, 5) is 19.3. The number of halogens is 2. The predicted octanol–water partition coefficient (Wildman–Crippen LogP) is 4.79. The minimum Gasteiger partial charge on any atom is -0.344 e. The lowest BCUT2D eigenvalue weighted by atomic mass is 9.92. The number of urea groups is 1. The molecule has 1 aliphatic rings. The van der Waals surface area contributed by atoms with E-state index in [0.717, 1.165) is 22.9 Å². The highest BCUT2D eigenvalue weighted by atomic mass is 35.5. The lowest BCUT2D eigenvalue weighted by molar-refractivity contribution is -0.864. The summed E-state index contributed by atoms with van der Waals surface area (Å²) in [6.07, 6.45) is 1.73. The summed E-state index contributed by atoms with van der Waals surface area (Å²) in [5, 5.41) is 6.11. The van der Waals surface area contributed by atoms with E-state index < -0.39 is 0 Å². The molecule has 2 aromatic heterocycles. The highest BCUT2D eigenvalue weighted by molar-refractivity contribution is 6.32. The van der Waals surface area contributed by atoms with Crippen LogP contribution in [-0.2, 0) is 12.0 Å². The normalized spacial score (nSPS) is 16.1. The van der Waals surface area contributed by atoms with E-state index in [4.69, 9.17) is 34.0 Å². The summed E-state index contributed by atoms with van der Waals surface area (Å²) < 4.78 is 2.02. The maximum absolute atomic E-state index is 12.8. The maximum atomic E-state index is 12.8. The molecule has 1 saturated heterocycles. The van der Waals surface area contributed by atoms with Crippen molar-refractivity contribution in [2.45, 2.75) is 32.7 Å². The minimum atomic E-state index is -0.349. The number of carbonyl (C=O) groups excluding carboxylic acids is 1. The maximum Gasteiger partial charge on any atom is 0.414 e. The third-order valence-electron chi connectivity index (χ3n) is 6.17. The van der Waals surface area contributed by atoms with Gasteiger partial charge in [-0.2, -0.15) is 5.10 Å². The molecule has 0 radical (unpaired) electrons. The quantitative estimate of drug-likeness (QED) is 0.536. The number of anilines is 1. The highest BCUT2D eigenvalue weighted by Gasteiger charge is 2.41. The third kappa shape index (κ3) is 4.86. The Bertz CT molecular complexity index is 1160. The molecule has 9 heteroatoms. The second-order valence-electron chi connectivity index (χ2n) is 9.55. The van der Waals surface area contributed by atoms with Crippen LogP contribution in [0.15, 0.2) is 48.7 Å². The van der Waals surface area contributed by atoms with Crippen LogP contribution in [0.25, 0.3) is 5.69 Å². The average Bonchev–Trinajstić information content (AvgIpc) is 3.19. The zero-order valence-electron chi connectivity index (χ0n) is 19.1. The van der Waals surface area contributed by atoms with Crippen molar-refractivity contribution in [3.8, 4) is 5.69 Å². The van der Waals surface area contributed by atoms with Crippen LogP contribution in [0.3, 0.4) is 0 Å². The van der Waals surface area contributed by atoms with Gasteiger partial charge in [0.25, 0.3) is 0 Å². The van der Waals surface area contributed by atoms with Crippen LogP contribution in [0, 0.1) is 0 Å². The fourth-order valence-electron chi connectivity index (χ4n) is 4.17. The van der Waals surface area contributed by atoms with Gasteiger partial charge in [-0.3, -0.25) is 0 Å². The first-order chi connectivity index (χ1) is 15.6. The molecule has 2 N–H and O–H groups in total. The molecule has 3 heterocycles. The molecule has 0 bridgehead atoms. The summed E-state index contributed by atoms with van der Waals surface area (Å²) >= 11 is 12.6. The van der Waals surface area contributed by atoms with E-state index in [-0.39, 0.29) is 15.9 Å². The van der Waals surface area contributed by atoms with Gasteiger partial charge in [-0.1, -0.05) is 50.0 Å². The SMILES string of the molecule is CC(C)(C)c1cc(C[N+]2(C(N)=O)CCN(c3ncccc3Cl)CC2)n(-c2cccc(Cl)c2)n1. The number of amides is 2. The highest BCUT2D eigenvalue weighted by Crippen LogP contribution is 2.29. The fraction of sp³-hybridized carbons (Fsp3) is 0.375. The molecule has 0 saturated carbocycles. The van der Waals surface area contributed by atoms with Gasteiger partial charge in [0.2, 0.25) is 0 Å². The molecule has 2 amide bonds. The Morgan fingerprint density at radius 3 is 2.45 bits per heavy atom. The Balaban J connectivity index is 1.67. The Hall–Kier alpha value is -2.61. The minimum absolute atomic E-state index is 0.136. The molecule has 1 aliphatic heterocycles. The molecule has 33 heavy (non-hydrogen) atoms. The first-order valence-corrected chi connectivity index (χ1v) is 11.7. The van der Waals surface area contributed by atoms with Gasteiger partial charge in [0.15, 0.2) is 0 Å². The van der Waals surface area contributed by atoms with Crippen molar-refractivity contribution in [1.29, 1.82) is 0 Å². The molecule has 3 aromatic rings. The average molecular weight is 488 g/mol. The van der Waals surface area contributed by atoms with Crippen LogP contribution < -0.4 is 10.6 Å². The smallest absolute Gasteiger partial charge is 0.344 e. The molecule has 0 spiro atoms. The number of aromatic nitrogens is 3. The predicted molar refractivity (Wildman–Crippen MR) is 132 cm³/mol. The molecule has 7 nitrogen and oxygen atoms in total. The van der Waals surface area contributed by atoms with Gasteiger partial charge < -0.3 is 10.6 Å². The molecule has 0 aliphatic carbocycles. The number of quaternary nitrogens is 1. The van der Waals surface area contributed by atoms with Crippen LogP contribution >= 0.6 is 23.2 Å². The Morgan fingerprint density at radius 2 is 1.85 bits per heavy atom. The van der Waals surface area contributed by atoms with E-state index in [1.165, 1.54) is 0 Å². The number of piperazine rings is 1. The summed E-state index contributed by atoms with van der Waals surface area (Å²) in [5.74, 6) is 0.737. The summed E-state index contributed by atoms with van der Waals surface area (Å²) in [5.41, 5.74) is 8.56. The standard InChI is InChI=1S/C24H28Cl2N6O/c1-24(2,3)21-15-19(31(29-21)18-7-4-6-17(25)14-18)16-32(23(27)33)12-10-30(11-13-32)22-20(26)8-5-9-28-22/h4-9,14-15H,10-13,16H2,1-3H3,(H-,27,33)/p+1. The van der Waals surface area contributed by atoms with Crippen LogP contribution in [-0.4, -0.2) is 51.5 Å². The van der Waals surface area contributed by atoms with Gasteiger partial charge in [-0.25, -0.2) is 18.9 Å². The van der Waals surface area contributed by atoms with Gasteiger partial charge in [0.1, 0.15) is 25.5 Å². The van der Waals surface area contributed by atoms with Gasteiger partial charge in [-0.15, -0.1) is 0 Å². The number of primary amides is 1. The lowest BCUT2D eigenvalue weighted by Crippen LogP contribution is -2.64. The van der Waals surface area contributed by atoms with Crippen molar-refractivity contribution in [3.63, 3.8) is 0 Å². The van der Waals surface area contributed by atoms with E-state index in [0.29, 0.717) is 42.8 Å². The van der Waals surface area contributed by atoms with Gasteiger partial charge >= 0.3 is 6.03 Å². The summed E-state index contributed by atoms with van der Waals surface area (Å²) in [6, 6.07) is 12.9. The molecule has 1 fully saturated rings. The lowest BCUT2D eigenvalue weighted by Gasteiger charge is -2.41. The van der Waals surface area contributed by atoms with Crippen molar-refractivity contribution < 1.29 is 9.28 Å². The molecule has 0 unspecified atom stereocenters. The second kappa shape index (κ2) is 8.97. The van der Waals surface area contributed by atoms with Crippen molar-refractivity contribution >= 4 is 35.1 Å². The van der Waals surface area contributed by atoms with E-state index in [2.05, 4.69) is 36.7 Å². The van der Waals surface area contributed by atoms with Crippen molar-refractivity contribution in [1.82, 2.24) is 14.8 Å². The zero-order valence-corrected chi connectivity index (χ0v) is 20.6. The Kier molecular flexibility index (Phi) is 6.40. The Labute approximate surface area is 204 Å². The van der Waals surface area contributed by atoms with E-state index in [1.807, 2.05) is 41.1 Å². The van der Waals surface area contributed by atoms with E-state index in [9.17, 15) is 4.79 Å². The first-order valence-electron chi connectivity index (χ1n) is 11.0. The monoisotopic (exact) mass is 487 g/mol. The second-order valence-corrected chi connectivity index (χ2v) is 10.4. The molecule has 1 aromatic carbocycles. The van der Waals surface area contributed by atoms with Crippen molar-refractivity contribution in [2.24, 2.45) is 5.73 Å². The van der Waals surface area contributed by atoms with Crippen LogP contribution in [0.4, 0.5) is 10.6 Å². The summed E-state index contributed by atoms with van der Waals surface area (Å²) in [7, 11) is 0. The third-order valence-corrected chi connectivity index (χ3v) is 6.70. The first kappa shape index (κ1) is 23.5. The molecular weight excluding hydrogens is 459 g/mol. The van der Waals surface area contributed by atoms with Crippen LogP contribution in [0.2, 0.25) is 10.0 Å². The number of carbonyl (C=O) groups is 1. The number of rotatable bonds is 4. The number of benzene rings is 1. The number of hydrogen-bond donors (Lipinski definition) is 1. The number of hydrogen-bond acceptors (Lipinski definition) is 4. The molecule has 4 rings (SSSR count). The van der Waals surface area contributed by atoms with Crippen LogP contribution in [0.5, 0.6) is 0 Å². The molecule has 0 atom stereocenters. The van der Waals surface area contributed by atoms with E-state index in [1.54, 1.807) is 6.20 Å². The van der Waals surface area contributed by atoms with Crippen LogP contribution in [0.1, 0.15) is 32.2 Å². The van der Waals surface area contributed by atoms with Gasteiger partial charge in [0, 0.05) is 16.6 Å². The number of nitrogens with two attached hydrogens (primary N) is 1. The van der Waals surface area contributed by atoms with Crippen molar-refractivity contribution in [2.75, 3.05) is 31.1 Å². The van der Waals surface area contributed by atoms with Gasteiger partial charge in [-0.05, 0) is 36.4 Å². The number of nitrogens with zero attached hydrogens (tertiary/aromatic N) is 5. The van der Waals surface area contributed by atoms with E-state index >= 15 is 0 Å².